The molecule has 3 aliphatic heterocycles. The molecule has 4 heterocycles. The molecule has 0 spiro atoms. The fourth-order valence-electron chi connectivity index (χ4n) is 6.32. The average Bonchev–Trinajstić information content (AvgIpc) is 3.41. The lowest BCUT2D eigenvalue weighted by atomic mass is 9.97. The maximum atomic E-state index is 9.53. The van der Waals surface area contributed by atoms with Crippen molar-refractivity contribution in [2.75, 3.05) is 68.7 Å². The largest absolute Gasteiger partial charge is 0.370 e. The van der Waals surface area contributed by atoms with E-state index in [1.807, 2.05) is 12.1 Å². The molecule has 3 fully saturated rings. The summed E-state index contributed by atoms with van der Waals surface area (Å²) in [6, 6.07) is 19.5. The molecule has 0 aliphatic carbocycles. The van der Waals surface area contributed by atoms with Crippen molar-refractivity contribution in [3.05, 3.63) is 65.9 Å². The summed E-state index contributed by atoms with van der Waals surface area (Å²) in [4.78, 5) is 12.0. The number of morpholine rings is 1. The molecule has 7 nitrogen and oxygen atoms in total. The van der Waals surface area contributed by atoms with Crippen LogP contribution in [0.1, 0.15) is 30.4 Å². The van der Waals surface area contributed by atoms with E-state index < -0.39 is 0 Å². The molecule has 0 radical (unpaired) electrons. The molecule has 0 amide bonds. The van der Waals surface area contributed by atoms with Gasteiger partial charge in [-0.2, -0.15) is 5.26 Å². The molecule has 2 aromatic carbocycles. The van der Waals surface area contributed by atoms with Crippen LogP contribution in [-0.2, 0) is 4.74 Å². The van der Waals surface area contributed by atoms with Gasteiger partial charge >= 0.3 is 0 Å². The number of ether oxygens (including phenoxy) is 1. The zero-order chi connectivity index (χ0) is 25.2. The molecule has 1 aromatic heterocycles. The highest BCUT2D eigenvalue weighted by molar-refractivity contribution is 5.95. The van der Waals surface area contributed by atoms with E-state index in [0.717, 1.165) is 75.5 Å². The van der Waals surface area contributed by atoms with E-state index in [1.54, 1.807) is 6.20 Å². The topological polar surface area (TPSA) is 67.7 Å². The normalized spacial score (nSPS) is 24.9. The number of fused-ring (bicyclic) bond motifs is 1. The van der Waals surface area contributed by atoms with Gasteiger partial charge in [0.15, 0.2) is 0 Å². The van der Waals surface area contributed by atoms with Crippen LogP contribution in [0.4, 0.5) is 11.4 Å². The second-order valence-electron chi connectivity index (χ2n) is 10.7. The molecule has 3 aliphatic rings. The van der Waals surface area contributed by atoms with Crippen molar-refractivity contribution in [3.8, 4) is 6.07 Å². The van der Waals surface area contributed by atoms with E-state index in [4.69, 9.17) is 4.74 Å². The van der Waals surface area contributed by atoms with Gasteiger partial charge in [-0.1, -0.05) is 12.1 Å². The van der Waals surface area contributed by atoms with Crippen LogP contribution in [0.25, 0.3) is 10.9 Å². The van der Waals surface area contributed by atoms with Crippen molar-refractivity contribution < 1.29 is 4.74 Å². The van der Waals surface area contributed by atoms with E-state index in [2.05, 4.69) is 74.4 Å². The SMILES string of the molecule is CC1CN(c2ccc(C#N)c3ncccc23)CC(CN2CCC(c3cccc(N4CCNCC4)c3)C2)O1. The summed E-state index contributed by atoms with van der Waals surface area (Å²) in [5.74, 6) is 0.577. The minimum Gasteiger partial charge on any atom is -0.370 e. The predicted octanol–water partition coefficient (Wildman–Crippen LogP) is 3.60. The van der Waals surface area contributed by atoms with Gasteiger partial charge in [0.2, 0.25) is 0 Å². The molecule has 37 heavy (non-hydrogen) atoms. The van der Waals surface area contributed by atoms with E-state index in [0.29, 0.717) is 11.5 Å². The standard InChI is InChI=1S/C30H36N6O/c1-22-18-36(29-8-7-24(17-31)30-28(29)6-3-10-33-30)21-27(37-22)20-34-13-9-25(19-34)23-4-2-5-26(16-23)35-14-11-32-12-15-35/h2-8,10,16,22,25,27,32H,9,11-15,18-21H2,1H3. The summed E-state index contributed by atoms with van der Waals surface area (Å²) >= 11 is 0. The summed E-state index contributed by atoms with van der Waals surface area (Å²) in [5.41, 5.74) is 5.38. The first-order chi connectivity index (χ1) is 18.2. The number of hydrogen-bond donors (Lipinski definition) is 1. The Labute approximate surface area is 219 Å². The van der Waals surface area contributed by atoms with Gasteiger partial charge in [-0.05, 0) is 67.8 Å². The maximum absolute atomic E-state index is 9.53. The van der Waals surface area contributed by atoms with E-state index in [1.165, 1.54) is 17.7 Å². The van der Waals surface area contributed by atoms with Crippen molar-refractivity contribution in [1.29, 1.82) is 5.26 Å². The van der Waals surface area contributed by atoms with Crippen LogP contribution in [-0.4, -0.2) is 81.0 Å². The summed E-state index contributed by atoms with van der Waals surface area (Å²) in [6.45, 7) is 11.3. The van der Waals surface area contributed by atoms with Gasteiger partial charge in [-0.15, -0.1) is 0 Å². The Hall–Kier alpha value is -3.18. The lowest BCUT2D eigenvalue weighted by Gasteiger charge is -2.40. The molecular formula is C30H36N6O. The average molecular weight is 497 g/mol. The Balaban J connectivity index is 1.13. The fourth-order valence-corrected chi connectivity index (χ4v) is 6.32. The number of aromatic nitrogens is 1. The van der Waals surface area contributed by atoms with Crippen molar-refractivity contribution in [2.24, 2.45) is 0 Å². The molecular weight excluding hydrogens is 460 g/mol. The molecule has 3 aromatic rings. The third-order valence-electron chi connectivity index (χ3n) is 8.09. The van der Waals surface area contributed by atoms with Crippen molar-refractivity contribution >= 4 is 22.3 Å². The summed E-state index contributed by atoms with van der Waals surface area (Å²) in [6.07, 6.45) is 3.26. The van der Waals surface area contributed by atoms with Crippen LogP contribution in [0.3, 0.4) is 0 Å². The highest BCUT2D eigenvalue weighted by Crippen LogP contribution is 2.33. The number of pyridine rings is 1. The third kappa shape index (κ3) is 5.15. The van der Waals surface area contributed by atoms with Gasteiger partial charge in [0.25, 0.3) is 0 Å². The number of benzene rings is 2. The maximum Gasteiger partial charge on any atom is 0.101 e. The molecule has 3 saturated heterocycles. The predicted molar refractivity (Wildman–Crippen MR) is 148 cm³/mol. The molecule has 6 rings (SSSR count). The summed E-state index contributed by atoms with van der Waals surface area (Å²) in [5, 5.41) is 14.0. The second-order valence-corrected chi connectivity index (χ2v) is 10.7. The number of rotatable bonds is 5. The number of likely N-dealkylation sites (tertiary alicyclic amines) is 1. The monoisotopic (exact) mass is 496 g/mol. The van der Waals surface area contributed by atoms with Gasteiger partial charge in [0.1, 0.15) is 6.07 Å². The molecule has 0 saturated carbocycles. The summed E-state index contributed by atoms with van der Waals surface area (Å²) < 4.78 is 6.43. The van der Waals surface area contributed by atoms with Crippen LogP contribution in [0.5, 0.6) is 0 Å². The van der Waals surface area contributed by atoms with Crippen molar-refractivity contribution in [3.63, 3.8) is 0 Å². The Morgan fingerprint density at radius 3 is 2.78 bits per heavy atom. The Kier molecular flexibility index (Phi) is 6.97. The van der Waals surface area contributed by atoms with Gasteiger partial charge in [0, 0.05) is 75.3 Å². The molecule has 1 N–H and O–H groups in total. The second kappa shape index (κ2) is 10.7. The minimum atomic E-state index is 0.148. The number of anilines is 2. The Bertz CT molecular complexity index is 1280. The van der Waals surface area contributed by atoms with Crippen LogP contribution < -0.4 is 15.1 Å². The minimum absolute atomic E-state index is 0.148. The van der Waals surface area contributed by atoms with Crippen LogP contribution in [0, 0.1) is 11.3 Å². The smallest absolute Gasteiger partial charge is 0.101 e. The number of nitrogens with zero attached hydrogens (tertiary/aromatic N) is 5. The highest BCUT2D eigenvalue weighted by Gasteiger charge is 2.31. The Morgan fingerprint density at radius 2 is 1.92 bits per heavy atom. The van der Waals surface area contributed by atoms with E-state index in [-0.39, 0.29) is 12.2 Å². The molecule has 3 unspecified atom stereocenters. The quantitative estimate of drug-likeness (QED) is 0.579. The van der Waals surface area contributed by atoms with Gasteiger partial charge in [0.05, 0.1) is 23.3 Å². The molecule has 0 bridgehead atoms. The number of nitriles is 1. The van der Waals surface area contributed by atoms with Crippen molar-refractivity contribution in [1.82, 2.24) is 15.2 Å². The lowest BCUT2D eigenvalue weighted by Crippen LogP contribution is -2.50. The van der Waals surface area contributed by atoms with Gasteiger partial charge < -0.3 is 24.8 Å². The van der Waals surface area contributed by atoms with E-state index in [9.17, 15) is 5.26 Å². The van der Waals surface area contributed by atoms with Gasteiger partial charge in [-0.25, -0.2) is 0 Å². The molecule has 7 heteroatoms. The first kappa shape index (κ1) is 24.2. The number of nitrogens with one attached hydrogen (secondary N) is 1. The van der Waals surface area contributed by atoms with Crippen LogP contribution in [0.2, 0.25) is 0 Å². The molecule has 3 atom stereocenters. The van der Waals surface area contributed by atoms with E-state index >= 15 is 0 Å². The fraction of sp³-hybridized carbons (Fsp3) is 0.467. The number of piperazine rings is 1. The number of hydrogen-bond acceptors (Lipinski definition) is 7. The van der Waals surface area contributed by atoms with Crippen molar-refractivity contribution in [2.45, 2.75) is 31.5 Å². The molecule has 192 valence electrons. The Morgan fingerprint density at radius 1 is 1.03 bits per heavy atom. The first-order valence-electron chi connectivity index (χ1n) is 13.6. The van der Waals surface area contributed by atoms with Crippen LogP contribution in [0.15, 0.2) is 54.7 Å². The first-order valence-corrected chi connectivity index (χ1v) is 13.6. The highest BCUT2D eigenvalue weighted by atomic mass is 16.5. The zero-order valence-electron chi connectivity index (χ0n) is 21.6. The lowest BCUT2D eigenvalue weighted by molar-refractivity contribution is -0.0295. The summed E-state index contributed by atoms with van der Waals surface area (Å²) in [7, 11) is 0. The van der Waals surface area contributed by atoms with Gasteiger partial charge in [-0.3, -0.25) is 4.98 Å². The zero-order valence-corrected chi connectivity index (χ0v) is 21.6. The third-order valence-corrected chi connectivity index (χ3v) is 8.09. The van der Waals surface area contributed by atoms with Crippen LogP contribution >= 0.6 is 0 Å².